The Kier molecular flexibility index (Phi) is 9.15. The Balaban J connectivity index is 1.63. The highest BCUT2D eigenvalue weighted by molar-refractivity contribution is 9.10. The third-order valence-electron chi connectivity index (χ3n) is 6.78. The molecule has 216 valence electrons. The molecule has 0 fully saturated rings. The molecule has 0 amide bonds. The average molecular weight is 712 g/mol. The predicted octanol–water partition coefficient (Wildman–Crippen LogP) is 6.22. The number of rotatable bonds is 8. The number of aryl methyl sites for hydroxylation is 1. The zero-order valence-corrected chi connectivity index (χ0v) is 27.4. The summed E-state index contributed by atoms with van der Waals surface area (Å²) >= 11 is 8.36. The van der Waals surface area contributed by atoms with Gasteiger partial charge in [-0.1, -0.05) is 63.2 Å². The molecule has 0 radical (unpaired) electrons. The molecule has 0 saturated carbocycles. The van der Waals surface area contributed by atoms with Crippen LogP contribution in [0.3, 0.4) is 0 Å². The molecule has 0 bridgehead atoms. The number of thiazole rings is 1. The topological polar surface area (TPSA) is 79.1 Å². The second-order valence-corrected chi connectivity index (χ2v) is 12.4. The third-order valence-corrected chi connectivity index (χ3v) is 8.88. The second kappa shape index (κ2) is 12.8. The number of carbonyl (C=O) groups excluding carboxylic acids is 1. The van der Waals surface area contributed by atoms with Crippen LogP contribution >= 0.6 is 43.2 Å². The molecule has 42 heavy (non-hydrogen) atoms. The van der Waals surface area contributed by atoms with Crippen LogP contribution in [0.15, 0.2) is 90.7 Å². The number of methoxy groups -OCH3 is 1. The van der Waals surface area contributed by atoms with Gasteiger partial charge in [-0.15, -0.1) is 0 Å². The summed E-state index contributed by atoms with van der Waals surface area (Å²) in [5, 5.41) is 0. The fourth-order valence-corrected chi connectivity index (χ4v) is 6.68. The molecule has 0 unspecified atom stereocenters. The number of hydrogen-bond donors (Lipinski definition) is 0. The SMILES string of the molecule is CCOC(=O)C1=C(C)N=c2s/c(=C/c3cc(Br)ccc3OCc3ccc(C)cc3)c(=O)n2[C@H]1c1ccc(OC)c(Br)c1. The van der Waals surface area contributed by atoms with E-state index in [9.17, 15) is 9.59 Å². The third kappa shape index (κ3) is 6.16. The minimum Gasteiger partial charge on any atom is -0.496 e. The quantitative estimate of drug-likeness (QED) is 0.203. The Hall–Kier alpha value is -3.47. The van der Waals surface area contributed by atoms with Crippen molar-refractivity contribution in [3.63, 3.8) is 0 Å². The van der Waals surface area contributed by atoms with Gasteiger partial charge in [0, 0.05) is 10.0 Å². The lowest BCUT2D eigenvalue weighted by atomic mass is 9.96. The van der Waals surface area contributed by atoms with E-state index in [1.54, 1.807) is 31.6 Å². The smallest absolute Gasteiger partial charge is 0.338 e. The van der Waals surface area contributed by atoms with E-state index in [2.05, 4.69) is 36.9 Å². The van der Waals surface area contributed by atoms with Gasteiger partial charge in [0.15, 0.2) is 4.80 Å². The number of nitrogens with zero attached hydrogens (tertiary/aromatic N) is 2. The van der Waals surface area contributed by atoms with Crippen LogP contribution in [-0.4, -0.2) is 24.3 Å². The Bertz CT molecular complexity index is 1880. The number of halogens is 2. The number of benzene rings is 3. The molecule has 1 atom stereocenters. The maximum absolute atomic E-state index is 14.1. The molecule has 1 aliphatic rings. The molecule has 0 saturated heterocycles. The fraction of sp³-hybridized carbons (Fsp3) is 0.219. The van der Waals surface area contributed by atoms with Crippen molar-refractivity contribution >= 4 is 55.2 Å². The molecule has 3 aromatic carbocycles. The number of aromatic nitrogens is 1. The Morgan fingerprint density at radius 1 is 1.05 bits per heavy atom. The highest BCUT2D eigenvalue weighted by Crippen LogP contribution is 2.35. The summed E-state index contributed by atoms with van der Waals surface area (Å²) in [6.45, 7) is 6.15. The van der Waals surface area contributed by atoms with Crippen LogP contribution in [-0.2, 0) is 16.1 Å². The van der Waals surface area contributed by atoms with Crippen molar-refractivity contribution in [3.8, 4) is 11.5 Å². The first-order valence-corrected chi connectivity index (χ1v) is 15.6. The molecular weight excluding hydrogens is 684 g/mol. The fourth-order valence-electron chi connectivity index (χ4n) is 4.71. The van der Waals surface area contributed by atoms with Crippen molar-refractivity contribution in [1.29, 1.82) is 0 Å². The number of carbonyl (C=O) groups is 1. The van der Waals surface area contributed by atoms with Gasteiger partial charge >= 0.3 is 5.97 Å². The summed E-state index contributed by atoms with van der Waals surface area (Å²) < 4.78 is 20.6. The van der Waals surface area contributed by atoms with Crippen LogP contribution in [0.25, 0.3) is 6.08 Å². The second-order valence-electron chi connectivity index (χ2n) is 9.65. The van der Waals surface area contributed by atoms with E-state index in [1.807, 2.05) is 67.6 Å². The van der Waals surface area contributed by atoms with Crippen molar-refractivity contribution in [1.82, 2.24) is 4.57 Å². The average Bonchev–Trinajstić information content (AvgIpc) is 3.26. The first kappa shape index (κ1) is 30.0. The number of allylic oxidation sites excluding steroid dienone is 1. The van der Waals surface area contributed by atoms with E-state index in [-0.39, 0.29) is 12.2 Å². The number of hydrogen-bond acceptors (Lipinski definition) is 7. The van der Waals surface area contributed by atoms with E-state index in [0.717, 1.165) is 21.2 Å². The van der Waals surface area contributed by atoms with E-state index in [4.69, 9.17) is 14.2 Å². The number of ether oxygens (including phenoxy) is 3. The molecule has 5 rings (SSSR count). The van der Waals surface area contributed by atoms with Gasteiger partial charge in [0.05, 0.1) is 40.0 Å². The van der Waals surface area contributed by atoms with Crippen molar-refractivity contribution in [2.24, 2.45) is 4.99 Å². The van der Waals surface area contributed by atoms with Gasteiger partial charge in [0.1, 0.15) is 18.1 Å². The molecular formula is C32H28Br2N2O5S. The Morgan fingerprint density at radius 3 is 2.48 bits per heavy atom. The van der Waals surface area contributed by atoms with Gasteiger partial charge in [-0.25, -0.2) is 9.79 Å². The molecule has 10 heteroatoms. The van der Waals surface area contributed by atoms with E-state index >= 15 is 0 Å². The summed E-state index contributed by atoms with van der Waals surface area (Å²) in [6.07, 6.45) is 1.81. The minimum absolute atomic E-state index is 0.202. The minimum atomic E-state index is -0.732. The van der Waals surface area contributed by atoms with Crippen LogP contribution in [0.5, 0.6) is 11.5 Å². The lowest BCUT2D eigenvalue weighted by Crippen LogP contribution is -2.40. The van der Waals surface area contributed by atoms with Crippen LogP contribution in [0.2, 0.25) is 0 Å². The van der Waals surface area contributed by atoms with Crippen molar-refractivity contribution in [3.05, 3.63) is 123 Å². The first-order valence-electron chi connectivity index (χ1n) is 13.2. The summed E-state index contributed by atoms with van der Waals surface area (Å²) in [7, 11) is 1.58. The highest BCUT2D eigenvalue weighted by atomic mass is 79.9. The molecule has 0 spiro atoms. The molecule has 0 aliphatic carbocycles. The highest BCUT2D eigenvalue weighted by Gasteiger charge is 2.33. The van der Waals surface area contributed by atoms with E-state index < -0.39 is 12.0 Å². The summed E-state index contributed by atoms with van der Waals surface area (Å²) in [4.78, 5) is 32.4. The van der Waals surface area contributed by atoms with Gasteiger partial charge in [0.2, 0.25) is 0 Å². The van der Waals surface area contributed by atoms with Gasteiger partial charge in [-0.05, 0) is 84.2 Å². The predicted molar refractivity (Wildman–Crippen MR) is 171 cm³/mol. The zero-order valence-electron chi connectivity index (χ0n) is 23.4. The lowest BCUT2D eigenvalue weighted by molar-refractivity contribution is -0.139. The van der Waals surface area contributed by atoms with Gasteiger partial charge < -0.3 is 14.2 Å². The summed E-state index contributed by atoms with van der Waals surface area (Å²) in [6, 6.07) is 18.6. The molecule has 2 heterocycles. The van der Waals surface area contributed by atoms with Crippen LogP contribution in [0.1, 0.15) is 42.1 Å². The van der Waals surface area contributed by atoms with Gasteiger partial charge in [-0.2, -0.15) is 0 Å². The monoisotopic (exact) mass is 710 g/mol. The van der Waals surface area contributed by atoms with Gasteiger partial charge in [0.25, 0.3) is 5.56 Å². The zero-order chi connectivity index (χ0) is 30.0. The maximum Gasteiger partial charge on any atom is 0.338 e. The van der Waals surface area contributed by atoms with Crippen molar-refractivity contribution in [2.45, 2.75) is 33.4 Å². The molecule has 7 nitrogen and oxygen atoms in total. The number of esters is 1. The molecule has 1 aromatic heterocycles. The molecule has 1 aliphatic heterocycles. The van der Waals surface area contributed by atoms with Gasteiger partial charge in [-0.3, -0.25) is 9.36 Å². The Labute approximate surface area is 264 Å². The standard InChI is InChI=1S/C32H28Br2N2O5S/c1-5-40-31(38)28-19(3)35-32-36(29(28)21-10-12-26(39-4)24(34)15-21)30(37)27(42-32)16-22-14-23(33)11-13-25(22)41-17-20-8-6-18(2)7-9-20/h6-16,29H,5,17H2,1-4H3/b27-16+/t29-/m0/s1. The molecule has 4 aromatic rings. The van der Waals surface area contributed by atoms with Crippen LogP contribution < -0.4 is 24.4 Å². The van der Waals surface area contributed by atoms with Crippen LogP contribution in [0, 0.1) is 6.92 Å². The maximum atomic E-state index is 14.1. The normalized spacial score (nSPS) is 14.8. The lowest BCUT2D eigenvalue weighted by Gasteiger charge is -2.25. The summed E-state index contributed by atoms with van der Waals surface area (Å²) in [5.41, 5.74) is 4.24. The van der Waals surface area contributed by atoms with E-state index in [1.165, 1.54) is 16.9 Å². The van der Waals surface area contributed by atoms with E-state index in [0.29, 0.717) is 43.2 Å². The molecule has 0 N–H and O–H groups in total. The Morgan fingerprint density at radius 2 is 1.79 bits per heavy atom. The first-order chi connectivity index (χ1) is 20.2. The number of fused-ring (bicyclic) bond motifs is 1. The van der Waals surface area contributed by atoms with Crippen LogP contribution in [0.4, 0.5) is 0 Å². The van der Waals surface area contributed by atoms with Crippen molar-refractivity contribution < 1.29 is 19.0 Å². The summed E-state index contributed by atoms with van der Waals surface area (Å²) in [5.74, 6) is 0.768. The van der Waals surface area contributed by atoms with Crippen molar-refractivity contribution in [2.75, 3.05) is 13.7 Å². The largest absolute Gasteiger partial charge is 0.496 e.